The van der Waals surface area contributed by atoms with Gasteiger partial charge in [-0.1, -0.05) is 30.3 Å². The molecule has 0 atom stereocenters. The van der Waals surface area contributed by atoms with E-state index in [0.29, 0.717) is 5.56 Å². The number of anilines is 3. The van der Waals surface area contributed by atoms with Gasteiger partial charge >= 0.3 is 6.18 Å². The van der Waals surface area contributed by atoms with E-state index in [9.17, 15) is 26.4 Å². The van der Waals surface area contributed by atoms with Crippen molar-refractivity contribution in [3.8, 4) is 16.9 Å². The molecular weight excluding hydrogens is 525 g/mol. The van der Waals surface area contributed by atoms with Crippen LogP contribution in [0, 0.1) is 0 Å². The van der Waals surface area contributed by atoms with Gasteiger partial charge in [0.2, 0.25) is 5.91 Å². The predicted molar refractivity (Wildman–Crippen MR) is 132 cm³/mol. The third kappa shape index (κ3) is 5.62. The predicted octanol–water partition coefficient (Wildman–Crippen LogP) is 5.64. The van der Waals surface area contributed by atoms with Crippen LogP contribution in [0.1, 0.15) is 18.9 Å². The molecule has 2 aromatic carbocycles. The van der Waals surface area contributed by atoms with Gasteiger partial charge in [-0.05, 0) is 47.5 Å². The quantitative estimate of drug-likeness (QED) is 0.304. The number of nitrogens with zero attached hydrogens (tertiary/aromatic N) is 3. The zero-order valence-corrected chi connectivity index (χ0v) is 20.9. The average molecular weight is 547 g/mol. The first-order chi connectivity index (χ1) is 18.0. The lowest BCUT2D eigenvalue weighted by Crippen LogP contribution is -2.26. The smallest absolute Gasteiger partial charge is 0.416 e. The standard InChI is InChI=1S/C25H21F3N4O5S/c1-3-24(33)32(23-10-8-19(15-29-23)38(34,35)31-22-11-12-37-30-22)20-14-17(7-9-21(20)36-2)16-5-4-6-18(13-16)25(26,27)28/h4-15H,3H2,1-2H3,(H,30,31). The van der Waals surface area contributed by atoms with Crippen LogP contribution in [0.4, 0.5) is 30.5 Å². The molecule has 4 aromatic rings. The number of aromatic nitrogens is 2. The van der Waals surface area contributed by atoms with E-state index in [2.05, 4.69) is 19.4 Å². The molecule has 4 rings (SSSR count). The number of nitrogens with one attached hydrogen (secondary N) is 1. The number of pyridine rings is 1. The number of hydrogen-bond donors (Lipinski definition) is 1. The van der Waals surface area contributed by atoms with Crippen LogP contribution >= 0.6 is 0 Å². The molecule has 0 bridgehead atoms. The van der Waals surface area contributed by atoms with E-state index in [1.165, 1.54) is 60.7 Å². The molecule has 2 heterocycles. The molecule has 0 aliphatic heterocycles. The van der Waals surface area contributed by atoms with Gasteiger partial charge in [0.25, 0.3) is 10.0 Å². The summed E-state index contributed by atoms with van der Waals surface area (Å²) in [6, 6.07) is 13.3. The minimum absolute atomic E-state index is 0.0204. The number of hydrogen-bond acceptors (Lipinski definition) is 7. The van der Waals surface area contributed by atoms with Crippen LogP contribution in [0.2, 0.25) is 0 Å². The molecule has 13 heteroatoms. The molecule has 1 N–H and O–H groups in total. The Hall–Kier alpha value is -4.39. The average Bonchev–Trinajstić information content (AvgIpc) is 3.41. The normalized spacial score (nSPS) is 11.7. The number of amides is 1. The van der Waals surface area contributed by atoms with Crippen molar-refractivity contribution in [1.82, 2.24) is 10.1 Å². The van der Waals surface area contributed by atoms with Gasteiger partial charge in [0.05, 0.1) is 18.4 Å². The van der Waals surface area contributed by atoms with E-state index < -0.39 is 27.7 Å². The van der Waals surface area contributed by atoms with E-state index in [1.807, 2.05) is 0 Å². The number of alkyl halides is 3. The van der Waals surface area contributed by atoms with Crippen LogP contribution in [-0.4, -0.2) is 31.6 Å². The first-order valence-corrected chi connectivity index (χ1v) is 12.6. The molecule has 0 saturated carbocycles. The summed E-state index contributed by atoms with van der Waals surface area (Å²) in [5.74, 6) is -0.0909. The highest BCUT2D eigenvalue weighted by molar-refractivity contribution is 7.92. The van der Waals surface area contributed by atoms with Gasteiger partial charge in [-0.15, -0.1) is 0 Å². The molecule has 0 aliphatic carbocycles. The van der Waals surface area contributed by atoms with Crippen molar-refractivity contribution >= 4 is 33.3 Å². The highest BCUT2D eigenvalue weighted by atomic mass is 32.2. The van der Waals surface area contributed by atoms with Crippen LogP contribution in [0.15, 0.2) is 82.5 Å². The van der Waals surface area contributed by atoms with Gasteiger partial charge in [0, 0.05) is 18.7 Å². The van der Waals surface area contributed by atoms with Crippen molar-refractivity contribution in [3.63, 3.8) is 0 Å². The first kappa shape index (κ1) is 26.7. The summed E-state index contributed by atoms with van der Waals surface area (Å²) < 4.78 is 77.3. The van der Waals surface area contributed by atoms with Crippen LogP contribution in [-0.2, 0) is 21.0 Å². The number of ether oxygens (including phenoxy) is 1. The third-order valence-electron chi connectivity index (χ3n) is 5.43. The van der Waals surface area contributed by atoms with Crippen molar-refractivity contribution in [1.29, 1.82) is 0 Å². The van der Waals surface area contributed by atoms with Crippen LogP contribution in [0.5, 0.6) is 5.75 Å². The van der Waals surface area contributed by atoms with Crippen molar-refractivity contribution < 1.29 is 35.6 Å². The lowest BCUT2D eigenvalue weighted by molar-refractivity contribution is -0.137. The fourth-order valence-electron chi connectivity index (χ4n) is 3.59. The van der Waals surface area contributed by atoms with Gasteiger partial charge < -0.3 is 9.26 Å². The molecule has 9 nitrogen and oxygen atoms in total. The van der Waals surface area contributed by atoms with Crippen LogP contribution < -0.4 is 14.4 Å². The third-order valence-corrected chi connectivity index (χ3v) is 6.77. The minimum Gasteiger partial charge on any atom is -0.495 e. The van der Waals surface area contributed by atoms with Gasteiger partial charge in [-0.2, -0.15) is 13.2 Å². The molecule has 1 amide bonds. The van der Waals surface area contributed by atoms with Gasteiger partial charge in [-0.3, -0.25) is 14.4 Å². The van der Waals surface area contributed by atoms with Crippen LogP contribution in [0.25, 0.3) is 11.1 Å². The highest BCUT2D eigenvalue weighted by Crippen LogP contribution is 2.39. The zero-order chi connectivity index (χ0) is 27.5. The Kier molecular flexibility index (Phi) is 7.39. The van der Waals surface area contributed by atoms with Crippen molar-refractivity contribution in [2.75, 3.05) is 16.7 Å². The summed E-state index contributed by atoms with van der Waals surface area (Å²) >= 11 is 0. The molecule has 2 aromatic heterocycles. The molecule has 0 unspecified atom stereocenters. The number of halogens is 3. The summed E-state index contributed by atoms with van der Waals surface area (Å²) in [7, 11) is -2.66. The Bertz CT molecular complexity index is 1540. The number of methoxy groups -OCH3 is 1. The summed E-state index contributed by atoms with van der Waals surface area (Å²) in [5, 5.41) is 3.50. The maximum atomic E-state index is 13.3. The summed E-state index contributed by atoms with van der Waals surface area (Å²) in [5.41, 5.74) is 0.0856. The molecule has 0 saturated heterocycles. The van der Waals surface area contributed by atoms with Gasteiger partial charge in [0.15, 0.2) is 5.82 Å². The zero-order valence-electron chi connectivity index (χ0n) is 20.1. The maximum Gasteiger partial charge on any atom is 0.416 e. The second-order valence-corrected chi connectivity index (χ2v) is 9.57. The number of carbonyl (C=O) groups is 1. The Labute approximate surface area is 215 Å². The van der Waals surface area contributed by atoms with Gasteiger partial charge in [0.1, 0.15) is 22.7 Å². The van der Waals surface area contributed by atoms with Crippen molar-refractivity contribution in [2.24, 2.45) is 0 Å². The minimum atomic E-state index is -4.52. The Morgan fingerprint density at radius 3 is 2.45 bits per heavy atom. The SMILES string of the molecule is CCC(=O)N(c1ccc(S(=O)(=O)Nc2ccon2)cn1)c1cc(-c2cccc(C(F)(F)F)c2)ccc1OC. The Morgan fingerprint density at radius 1 is 1.08 bits per heavy atom. The molecule has 0 fully saturated rings. The van der Waals surface area contributed by atoms with Crippen molar-refractivity contribution in [2.45, 2.75) is 24.4 Å². The van der Waals surface area contributed by atoms with E-state index in [-0.39, 0.29) is 40.0 Å². The maximum absolute atomic E-state index is 13.3. The van der Waals surface area contributed by atoms with E-state index in [4.69, 9.17) is 4.74 Å². The lowest BCUT2D eigenvalue weighted by Gasteiger charge is -2.24. The second-order valence-electron chi connectivity index (χ2n) is 7.89. The Balaban J connectivity index is 1.75. The summed E-state index contributed by atoms with van der Waals surface area (Å²) in [4.78, 5) is 18.2. The monoisotopic (exact) mass is 546 g/mol. The van der Waals surface area contributed by atoms with Gasteiger partial charge in [-0.25, -0.2) is 13.4 Å². The number of sulfonamides is 1. The summed E-state index contributed by atoms with van der Waals surface area (Å²) in [6.45, 7) is 1.62. The lowest BCUT2D eigenvalue weighted by atomic mass is 10.0. The van der Waals surface area contributed by atoms with E-state index >= 15 is 0 Å². The number of rotatable bonds is 8. The molecule has 198 valence electrons. The number of benzene rings is 2. The topological polar surface area (TPSA) is 115 Å². The fraction of sp³-hybridized carbons (Fsp3) is 0.160. The molecule has 0 spiro atoms. The first-order valence-electron chi connectivity index (χ1n) is 11.1. The van der Waals surface area contributed by atoms with Crippen LogP contribution in [0.3, 0.4) is 0 Å². The largest absolute Gasteiger partial charge is 0.495 e. The fourth-order valence-corrected chi connectivity index (χ4v) is 4.53. The Morgan fingerprint density at radius 2 is 1.84 bits per heavy atom. The summed E-state index contributed by atoms with van der Waals surface area (Å²) in [6.07, 6.45) is -2.21. The second kappa shape index (κ2) is 10.5. The molecular formula is C25H21F3N4O5S. The van der Waals surface area contributed by atoms with E-state index in [1.54, 1.807) is 13.0 Å². The number of carbonyl (C=O) groups excluding carboxylic acids is 1. The molecule has 0 radical (unpaired) electrons. The van der Waals surface area contributed by atoms with Crippen molar-refractivity contribution in [3.05, 3.63) is 78.7 Å². The van der Waals surface area contributed by atoms with E-state index in [0.717, 1.165) is 18.3 Å². The molecule has 0 aliphatic rings. The molecule has 38 heavy (non-hydrogen) atoms. The highest BCUT2D eigenvalue weighted by Gasteiger charge is 2.30.